The molecule has 4 N–H and O–H groups in total. The van der Waals surface area contributed by atoms with Gasteiger partial charge in [-0.15, -0.1) is 21.2 Å². The zero-order valence-electron chi connectivity index (χ0n) is 23.9. The number of esters is 1. The number of nitrogens with two attached hydrogens (primary N) is 2. The van der Waals surface area contributed by atoms with Gasteiger partial charge in [0.2, 0.25) is 0 Å². The number of hydroxylamine groups is 6. The molecular formula is C27H49N5O5+2. The number of carbonyl (C=O) groups excluding carboxylic acids is 1. The lowest BCUT2D eigenvalue weighted by Gasteiger charge is -2.24. The van der Waals surface area contributed by atoms with Gasteiger partial charge in [-0.3, -0.25) is 9.63 Å². The highest BCUT2D eigenvalue weighted by atomic mass is 16.8. The standard InChI is InChI=1S/C27H49N5O5/c1-9-24(36-31(4,5)28)18-15-12-16-20-25(35-30(2)3)19-13-10-11-14-21-26(37-32(6,7)29)22-17-23-27(33)34-8/h10-11,13-15,18-19,21,24-26H,9,17,20,22-23,28-29H2,1-8H3/q+2/b11-10+,18-15+,19-13+,21-14-/t24-,25+,26-/m1/s1. The van der Waals surface area contributed by atoms with Gasteiger partial charge in [-0.2, -0.15) is 14.7 Å². The molecule has 0 aromatic heterocycles. The van der Waals surface area contributed by atoms with Crippen molar-refractivity contribution < 1.29 is 33.6 Å². The third kappa shape index (κ3) is 22.6. The minimum Gasteiger partial charge on any atom is -0.469 e. The molecule has 0 fully saturated rings. The van der Waals surface area contributed by atoms with Crippen molar-refractivity contribution in [1.29, 1.82) is 0 Å². The van der Waals surface area contributed by atoms with E-state index < -0.39 is 0 Å². The van der Waals surface area contributed by atoms with Gasteiger partial charge in [0.05, 0.1) is 7.11 Å². The molecule has 0 rings (SSSR count). The van der Waals surface area contributed by atoms with Crippen molar-refractivity contribution in [3.8, 4) is 11.8 Å². The molecule has 10 nitrogen and oxygen atoms in total. The minimum atomic E-state index is -0.237. The van der Waals surface area contributed by atoms with Crippen LogP contribution >= 0.6 is 0 Å². The molecule has 10 heteroatoms. The van der Waals surface area contributed by atoms with Gasteiger partial charge in [0.15, 0.2) is 0 Å². The maximum atomic E-state index is 11.4. The lowest BCUT2D eigenvalue weighted by molar-refractivity contribution is -1.09. The zero-order chi connectivity index (χ0) is 28.3. The summed E-state index contributed by atoms with van der Waals surface area (Å²) in [5, 5.41) is 1.65. The predicted molar refractivity (Wildman–Crippen MR) is 146 cm³/mol. The Balaban J connectivity index is 4.97. The number of ether oxygens (including phenoxy) is 1. The monoisotopic (exact) mass is 523 g/mol. The minimum absolute atomic E-state index is 0.0597. The van der Waals surface area contributed by atoms with Crippen LogP contribution in [0.1, 0.15) is 39.0 Å². The van der Waals surface area contributed by atoms with Crippen LogP contribution in [0.5, 0.6) is 0 Å². The predicted octanol–water partition coefficient (Wildman–Crippen LogP) is 2.72. The van der Waals surface area contributed by atoms with Crippen LogP contribution in [0, 0.1) is 11.8 Å². The molecule has 3 atom stereocenters. The number of methoxy groups -OCH3 is 1. The van der Waals surface area contributed by atoms with Gasteiger partial charge >= 0.3 is 5.97 Å². The maximum Gasteiger partial charge on any atom is 0.305 e. The smallest absolute Gasteiger partial charge is 0.305 e. The van der Waals surface area contributed by atoms with Gasteiger partial charge < -0.3 is 4.74 Å². The van der Waals surface area contributed by atoms with Crippen LogP contribution in [0.2, 0.25) is 0 Å². The Kier molecular flexibility index (Phi) is 17.7. The first-order valence-electron chi connectivity index (χ1n) is 12.4. The first-order valence-corrected chi connectivity index (χ1v) is 12.4. The highest BCUT2D eigenvalue weighted by Crippen LogP contribution is 2.11. The summed E-state index contributed by atoms with van der Waals surface area (Å²) in [6.45, 7) is 2.03. The number of hydrogen-bond acceptors (Lipinski definition) is 8. The van der Waals surface area contributed by atoms with Gasteiger partial charge in [0, 0.05) is 26.9 Å². The van der Waals surface area contributed by atoms with Crippen LogP contribution in [0.15, 0.2) is 48.6 Å². The van der Waals surface area contributed by atoms with E-state index in [1.165, 1.54) is 7.11 Å². The van der Waals surface area contributed by atoms with E-state index in [9.17, 15) is 4.79 Å². The number of hydrogen-bond donors (Lipinski definition) is 2. The maximum absolute atomic E-state index is 11.4. The number of nitrogens with zero attached hydrogens (tertiary/aromatic N) is 3. The second-order valence-corrected chi connectivity index (χ2v) is 9.53. The van der Waals surface area contributed by atoms with Gasteiger partial charge in [-0.1, -0.05) is 49.1 Å². The molecule has 0 aliphatic carbocycles. The fourth-order valence-corrected chi connectivity index (χ4v) is 2.97. The molecule has 0 saturated heterocycles. The number of allylic oxidation sites excluding steroid dienone is 5. The molecule has 0 aromatic carbocycles. The Bertz CT molecular complexity index is 814. The Hall–Kier alpha value is -2.33. The largest absolute Gasteiger partial charge is 0.469 e. The molecule has 0 aromatic rings. The van der Waals surface area contributed by atoms with Crippen LogP contribution in [0.25, 0.3) is 0 Å². The highest BCUT2D eigenvalue weighted by Gasteiger charge is 2.18. The van der Waals surface area contributed by atoms with Crippen molar-refractivity contribution in [3.05, 3.63) is 48.6 Å². The van der Waals surface area contributed by atoms with Crippen LogP contribution in [-0.4, -0.2) is 88.3 Å². The molecule has 0 radical (unpaired) electrons. The van der Waals surface area contributed by atoms with E-state index in [0.717, 1.165) is 6.42 Å². The molecule has 210 valence electrons. The van der Waals surface area contributed by atoms with E-state index in [-0.39, 0.29) is 33.8 Å². The van der Waals surface area contributed by atoms with Crippen molar-refractivity contribution in [2.24, 2.45) is 11.7 Å². The molecule has 37 heavy (non-hydrogen) atoms. The van der Waals surface area contributed by atoms with Crippen LogP contribution in [0.4, 0.5) is 0 Å². The van der Waals surface area contributed by atoms with Crippen molar-refractivity contribution in [2.75, 3.05) is 49.4 Å². The van der Waals surface area contributed by atoms with Crippen LogP contribution in [0.3, 0.4) is 0 Å². The summed E-state index contributed by atoms with van der Waals surface area (Å²) in [6.07, 6.45) is 17.6. The molecule has 0 spiro atoms. The van der Waals surface area contributed by atoms with E-state index in [0.29, 0.717) is 25.7 Å². The summed E-state index contributed by atoms with van der Waals surface area (Å²) in [5.41, 5.74) is 0. The average molecular weight is 524 g/mol. The van der Waals surface area contributed by atoms with E-state index in [1.54, 1.807) is 39.3 Å². The van der Waals surface area contributed by atoms with Crippen molar-refractivity contribution in [2.45, 2.75) is 57.3 Å². The summed E-state index contributed by atoms with van der Waals surface area (Å²) >= 11 is 0. The molecule has 0 aliphatic heterocycles. The van der Waals surface area contributed by atoms with Gasteiger partial charge in [0.25, 0.3) is 0 Å². The topological polar surface area (TPSA) is 109 Å². The lowest BCUT2D eigenvalue weighted by Crippen LogP contribution is -2.48. The Labute approximate surface area is 223 Å². The summed E-state index contributed by atoms with van der Waals surface area (Å²) < 4.78 is 4.50. The quantitative estimate of drug-likeness (QED) is 0.0748. The second-order valence-electron chi connectivity index (χ2n) is 9.53. The molecular weight excluding hydrogens is 474 g/mol. The Morgan fingerprint density at radius 1 is 0.919 bits per heavy atom. The number of quaternary nitrogens is 2. The summed E-state index contributed by atoms with van der Waals surface area (Å²) in [6, 6.07) is 0. The Morgan fingerprint density at radius 3 is 2.00 bits per heavy atom. The molecule has 0 heterocycles. The number of rotatable bonds is 17. The van der Waals surface area contributed by atoms with Crippen LogP contribution in [-0.2, 0) is 24.0 Å². The third-order valence-corrected chi connectivity index (χ3v) is 4.44. The van der Waals surface area contributed by atoms with E-state index in [4.69, 9.17) is 26.2 Å². The molecule has 0 aliphatic rings. The van der Waals surface area contributed by atoms with E-state index >= 15 is 0 Å². The van der Waals surface area contributed by atoms with E-state index in [2.05, 4.69) is 16.6 Å². The molecule has 0 unspecified atom stereocenters. The summed E-state index contributed by atoms with van der Waals surface area (Å²) in [5.74, 6) is 17.7. The van der Waals surface area contributed by atoms with Crippen LogP contribution < -0.4 is 11.7 Å². The Morgan fingerprint density at radius 2 is 1.49 bits per heavy atom. The van der Waals surface area contributed by atoms with Gasteiger partial charge in [0.1, 0.15) is 46.5 Å². The highest BCUT2D eigenvalue weighted by molar-refractivity contribution is 5.68. The zero-order valence-corrected chi connectivity index (χ0v) is 23.9. The molecule has 0 bridgehead atoms. The van der Waals surface area contributed by atoms with Gasteiger partial charge in [-0.25, -0.2) is 0 Å². The lowest BCUT2D eigenvalue weighted by atomic mass is 10.1. The average Bonchev–Trinajstić information content (AvgIpc) is 2.77. The molecule has 0 amide bonds. The first-order chi connectivity index (χ1) is 17.3. The second kappa shape index (κ2) is 18.8. The van der Waals surface area contributed by atoms with Crippen molar-refractivity contribution in [3.63, 3.8) is 0 Å². The fourth-order valence-electron chi connectivity index (χ4n) is 2.97. The summed E-state index contributed by atoms with van der Waals surface area (Å²) in [7, 11) is 12.1. The third-order valence-electron chi connectivity index (χ3n) is 4.44. The van der Waals surface area contributed by atoms with Crippen molar-refractivity contribution in [1.82, 2.24) is 5.06 Å². The van der Waals surface area contributed by atoms with Crippen molar-refractivity contribution >= 4 is 5.97 Å². The molecule has 0 saturated carbocycles. The number of carbonyl (C=O) groups is 1. The first kappa shape index (κ1) is 34.7. The summed E-state index contributed by atoms with van der Waals surface area (Å²) in [4.78, 5) is 28.7. The van der Waals surface area contributed by atoms with E-state index in [1.807, 2.05) is 63.6 Å². The normalized spacial score (nSPS) is 15.5. The fraction of sp³-hybridized carbons (Fsp3) is 0.593. The van der Waals surface area contributed by atoms with Gasteiger partial charge in [-0.05, 0) is 37.5 Å². The SMILES string of the molecule is CC[C@H](/C=C/C#CC[C@H](/C=C/C=C/C=C\[C@H](CCCC(=O)OC)O[N+](C)(C)N)ON(C)C)O[N+](C)(C)N.